The number of aliphatic hydroxyl groups excluding tert-OH is 1. The second-order valence-corrected chi connectivity index (χ2v) is 7.03. The van der Waals surface area contributed by atoms with Crippen molar-refractivity contribution in [3.05, 3.63) is 54.1 Å². The first kappa shape index (κ1) is 23.6. The predicted molar refractivity (Wildman–Crippen MR) is 114 cm³/mol. The van der Waals surface area contributed by atoms with E-state index < -0.39 is 17.8 Å². The molecule has 10 heteroatoms. The molecule has 0 aliphatic heterocycles. The summed E-state index contributed by atoms with van der Waals surface area (Å²) in [6, 6.07) is 12.0. The van der Waals surface area contributed by atoms with Crippen LogP contribution in [-0.4, -0.2) is 52.3 Å². The van der Waals surface area contributed by atoms with E-state index in [1.807, 2.05) is 19.1 Å². The molecule has 0 bridgehead atoms. The Bertz CT molecular complexity index is 987. The molecule has 0 spiro atoms. The van der Waals surface area contributed by atoms with Gasteiger partial charge in [0.15, 0.2) is 5.82 Å². The lowest BCUT2D eigenvalue weighted by atomic mass is 10.1. The molecule has 0 saturated carbocycles. The van der Waals surface area contributed by atoms with E-state index in [0.29, 0.717) is 36.8 Å². The summed E-state index contributed by atoms with van der Waals surface area (Å²) in [6.07, 6.45) is -4.91. The molecule has 1 atom stereocenters. The molecule has 7 nitrogen and oxygen atoms in total. The zero-order valence-electron chi connectivity index (χ0n) is 17.8. The number of hydrogen-bond acceptors (Lipinski definition) is 6. The standard InChI is InChI=1S/C22H25F3N4O3/c1-3-31-12-13-32-21-27-20(16-4-6-17(7-5-16)22(23,24)25)29(28-21)19-10-8-18(9-11-19)26-14-15(2)30/h4-11,15,26,30H,3,12-14H2,1-2H3. The fourth-order valence-electron chi connectivity index (χ4n) is 2.85. The maximum Gasteiger partial charge on any atom is 0.416 e. The van der Waals surface area contributed by atoms with Gasteiger partial charge in [-0.15, -0.1) is 5.10 Å². The highest BCUT2D eigenvalue weighted by molar-refractivity contribution is 5.60. The van der Waals surface area contributed by atoms with E-state index in [0.717, 1.165) is 17.8 Å². The molecular formula is C22H25F3N4O3. The second-order valence-electron chi connectivity index (χ2n) is 7.03. The Kier molecular flexibility index (Phi) is 7.70. The highest BCUT2D eigenvalue weighted by atomic mass is 19.4. The zero-order chi connectivity index (χ0) is 23.1. The van der Waals surface area contributed by atoms with Crippen LogP contribution in [0, 0.1) is 0 Å². The van der Waals surface area contributed by atoms with Crippen molar-refractivity contribution in [2.45, 2.75) is 26.1 Å². The summed E-state index contributed by atoms with van der Waals surface area (Å²) in [6.45, 7) is 5.11. The maximum atomic E-state index is 12.9. The van der Waals surface area contributed by atoms with Gasteiger partial charge in [0.1, 0.15) is 6.61 Å². The van der Waals surface area contributed by atoms with Crippen molar-refractivity contribution in [3.63, 3.8) is 0 Å². The normalized spacial score (nSPS) is 12.6. The first-order chi connectivity index (χ1) is 15.3. The van der Waals surface area contributed by atoms with E-state index in [9.17, 15) is 18.3 Å². The number of halogens is 3. The maximum absolute atomic E-state index is 12.9. The van der Waals surface area contributed by atoms with Gasteiger partial charge in [-0.1, -0.05) is 12.1 Å². The number of ether oxygens (including phenoxy) is 2. The third-order valence-electron chi connectivity index (χ3n) is 4.43. The lowest BCUT2D eigenvalue weighted by Gasteiger charge is -2.11. The summed E-state index contributed by atoms with van der Waals surface area (Å²) in [5.41, 5.74) is 1.17. The van der Waals surface area contributed by atoms with Crippen LogP contribution in [0.15, 0.2) is 48.5 Å². The Morgan fingerprint density at radius 3 is 2.34 bits per heavy atom. The van der Waals surface area contributed by atoms with Crippen LogP contribution >= 0.6 is 0 Å². The number of aliphatic hydroxyl groups is 1. The molecule has 0 aliphatic rings. The first-order valence-electron chi connectivity index (χ1n) is 10.2. The lowest BCUT2D eigenvalue weighted by Crippen LogP contribution is -2.15. The molecule has 0 amide bonds. The number of nitrogens with zero attached hydrogens (tertiary/aromatic N) is 3. The van der Waals surface area contributed by atoms with Crippen molar-refractivity contribution >= 4 is 5.69 Å². The fourth-order valence-corrected chi connectivity index (χ4v) is 2.85. The van der Waals surface area contributed by atoms with Gasteiger partial charge in [0.05, 0.1) is 24.0 Å². The Morgan fingerprint density at radius 2 is 1.75 bits per heavy atom. The topological polar surface area (TPSA) is 81.4 Å². The molecule has 1 heterocycles. The van der Waals surface area contributed by atoms with Crippen LogP contribution < -0.4 is 10.1 Å². The van der Waals surface area contributed by atoms with Crippen molar-refractivity contribution < 1.29 is 27.8 Å². The molecule has 1 unspecified atom stereocenters. The predicted octanol–water partition coefficient (Wildman–Crippen LogP) is 4.16. The molecular weight excluding hydrogens is 425 g/mol. The zero-order valence-corrected chi connectivity index (χ0v) is 17.8. The van der Waals surface area contributed by atoms with Gasteiger partial charge in [-0.25, -0.2) is 4.68 Å². The number of anilines is 1. The minimum atomic E-state index is -4.42. The van der Waals surface area contributed by atoms with E-state index in [2.05, 4.69) is 15.4 Å². The Hall–Kier alpha value is -3.11. The Labute approximate surface area is 183 Å². The van der Waals surface area contributed by atoms with Gasteiger partial charge in [-0.05, 0) is 50.2 Å². The molecule has 2 N–H and O–H groups in total. The van der Waals surface area contributed by atoms with Crippen LogP contribution in [0.5, 0.6) is 6.01 Å². The largest absolute Gasteiger partial charge is 0.460 e. The van der Waals surface area contributed by atoms with E-state index in [-0.39, 0.29) is 12.6 Å². The highest BCUT2D eigenvalue weighted by Crippen LogP contribution is 2.31. The summed E-state index contributed by atoms with van der Waals surface area (Å²) < 4.78 is 51.1. The van der Waals surface area contributed by atoms with Crippen LogP contribution in [0.25, 0.3) is 17.1 Å². The van der Waals surface area contributed by atoms with Crippen molar-refractivity contribution in [1.82, 2.24) is 14.8 Å². The fraction of sp³-hybridized carbons (Fsp3) is 0.364. The molecule has 1 aromatic heterocycles. The molecule has 0 radical (unpaired) electrons. The average molecular weight is 450 g/mol. The van der Waals surface area contributed by atoms with Crippen LogP contribution in [0.1, 0.15) is 19.4 Å². The Morgan fingerprint density at radius 1 is 1.06 bits per heavy atom. The van der Waals surface area contributed by atoms with Crippen molar-refractivity contribution in [2.24, 2.45) is 0 Å². The summed E-state index contributed by atoms with van der Waals surface area (Å²) in [7, 11) is 0. The molecule has 3 rings (SSSR count). The van der Waals surface area contributed by atoms with Crippen LogP contribution in [0.3, 0.4) is 0 Å². The third-order valence-corrected chi connectivity index (χ3v) is 4.43. The van der Waals surface area contributed by atoms with Crippen molar-refractivity contribution in [1.29, 1.82) is 0 Å². The third kappa shape index (κ3) is 6.21. The van der Waals surface area contributed by atoms with E-state index in [1.165, 1.54) is 16.8 Å². The quantitative estimate of drug-likeness (QED) is 0.452. The molecule has 32 heavy (non-hydrogen) atoms. The average Bonchev–Trinajstić information content (AvgIpc) is 3.19. The number of aromatic nitrogens is 3. The smallest absolute Gasteiger partial charge is 0.416 e. The second kappa shape index (κ2) is 10.5. The summed E-state index contributed by atoms with van der Waals surface area (Å²) in [5.74, 6) is 0.342. The molecule has 0 saturated heterocycles. The van der Waals surface area contributed by atoms with Crippen molar-refractivity contribution in [3.8, 4) is 23.1 Å². The molecule has 0 aliphatic carbocycles. The summed E-state index contributed by atoms with van der Waals surface area (Å²) in [4.78, 5) is 4.37. The minimum Gasteiger partial charge on any atom is -0.460 e. The number of rotatable bonds is 10. The van der Waals surface area contributed by atoms with Crippen molar-refractivity contribution in [2.75, 3.05) is 31.7 Å². The minimum absolute atomic E-state index is 0.0934. The van der Waals surface area contributed by atoms with Gasteiger partial charge in [0.25, 0.3) is 0 Å². The van der Waals surface area contributed by atoms with E-state index in [4.69, 9.17) is 9.47 Å². The van der Waals surface area contributed by atoms with Gasteiger partial charge in [0.2, 0.25) is 0 Å². The molecule has 0 fully saturated rings. The van der Waals surface area contributed by atoms with Gasteiger partial charge < -0.3 is 19.9 Å². The highest BCUT2D eigenvalue weighted by Gasteiger charge is 2.30. The first-order valence-corrected chi connectivity index (χ1v) is 10.2. The molecule has 172 valence electrons. The number of nitrogens with one attached hydrogen (secondary N) is 1. The van der Waals surface area contributed by atoms with E-state index >= 15 is 0 Å². The van der Waals surface area contributed by atoms with Gasteiger partial charge >= 0.3 is 12.2 Å². The van der Waals surface area contributed by atoms with Crippen LogP contribution in [0.2, 0.25) is 0 Å². The van der Waals surface area contributed by atoms with Gasteiger partial charge in [-0.3, -0.25) is 0 Å². The molecule has 2 aromatic carbocycles. The number of hydrogen-bond donors (Lipinski definition) is 2. The summed E-state index contributed by atoms with van der Waals surface area (Å²) in [5, 5.41) is 16.9. The lowest BCUT2D eigenvalue weighted by molar-refractivity contribution is -0.137. The number of alkyl halides is 3. The van der Waals surface area contributed by atoms with Gasteiger partial charge in [-0.2, -0.15) is 18.2 Å². The number of benzene rings is 2. The van der Waals surface area contributed by atoms with Crippen LogP contribution in [0.4, 0.5) is 18.9 Å². The Balaban J connectivity index is 1.90. The van der Waals surface area contributed by atoms with Gasteiger partial charge in [0, 0.05) is 24.4 Å². The SMILES string of the molecule is CCOCCOc1nc(-c2ccc(C(F)(F)F)cc2)n(-c2ccc(NCC(C)O)cc2)n1. The van der Waals surface area contributed by atoms with Crippen LogP contribution in [-0.2, 0) is 10.9 Å². The van der Waals surface area contributed by atoms with E-state index in [1.54, 1.807) is 19.1 Å². The monoisotopic (exact) mass is 450 g/mol. The summed E-state index contributed by atoms with van der Waals surface area (Å²) >= 11 is 0. The molecule has 3 aromatic rings.